The van der Waals surface area contributed by atoms with Crippen LogP contribution in [0.25, 0.3) is 0 Å². The number of nitrogens with zero attached hydrogens (tertiary/aromatic N) is 3. The Labute approximate surface area is 105 Å². The molecule has 2 rings (SSSR count). The maximum Gasteiger partial charge on any atom is 0.163 e. The van der Waals surface area contributed by atoms with Crippen molar-refractivity contribution in [3.63, 3.8) is 0 Å². The Bertz CT molecular complexity index is 515. The number of hydrogen-bond donors (Lipinski definition) is 0. The van der Waals surface area contributed by atoms with Gasteiger partial charge in [-0.3, -0.25) is 4.79 Å². The van der Waals surface area contributed by atoms with Crippen LogP contribution in [0, 0.1) is 16.7 Å². The third-order valence-electron chi connectivity index (χ3n) is 2.87. The Morgan fingerprint density at radius 2 is 2.24 bits per heavy atom. The minimum absolute atomic E-state index is 0.0465. The number of anilines is 1. The summed E-state index contributed by atoms with van der Waals surface area (Å²) in [6.45, 7) is 4.55. The number of rotatable bonds is 2. The lowest BCUT2D eigenvalue weighted by Gasteiger charge is -2.44. The van der Waals surface area contributed by atoms with Crippen molar-refractivity contribution < 1.29 is 4.79 Å². The largest absolute Gasteiger partial charge is 0.353 e. The van der Waals surface area contributed by atoms with E-state index in [1.165, 1.54) is 6.92 Å². The quantitative estimate of drug-likeness (QED) is 0.596. The highest BCUT2D eigenvalue weighted by atomic mass is 35.5. The maximum atomic E-state index is 11.5. The van der Waals surface area contributed by atoms with Gasteiger partial charge in [0, 0.05) is 13.1 Å². The Kier molecular flexibility index (Phi) is 2.80. The first-order chi connectivity index (χ1) is 7.95. The van der Waals surface area contributed by atoms with Crippen LogP contribution >= 0.6 is 11.6 Å². The number of halogens is 1. The summed E-state index contributed by atoms with van der Waals surface area (Å²) in [6, 6.07) is 5.53. The number of ketones is 1. The highest BCUT2D eigenvalue weighted by Gasteiger charge is 2.40. The first-order valence-electron chi connectivity index (χ1n) is 5.29. The summed E-state index contributed by atoms with van der Waals surface area (Å²) < 4.78 is 0. The molecule has 17 heavy (non-hydrogen) atoms. The second kappa shape index (κ2) is 4.01. The monoisotopic (exact) mass is 249 g/mol. The molecule has 1 saturated heterocycles. The molecule has 1 fully saturated rings. The van der Waals surface area contributed by atoms with Gasteiger partial charge >= 0.3 is 0 Å². The van der Waals surface area contributed by atoms with E-state index in [9.17, 15) is 4.79 Å². The second-order valence-electron chi connectivity index (χ2n) is 4.59. The molecule has 0 saturated carbocycles. The molecule has 1 aliphatic rings. The van der Waals surface area contributed by atoms with Gasteiger partial charge in [-0.25, -0.2) is 4.98 Å². The summed E-state index contributed by atoms with van der Waals surface area (Å²) in [5, 5.41) is 9.31. The normalized spacial score (nSPS) is 17.2. The molecule has 88 valence electrons. The van der Waals surface area contributed by atoms with Crippen molar-refractivity contribution in [1.82, 2.24) is 4.98 Å². The summed E-state index contributed by atoms with van der Waals surface area (Å²) in [6.07, 6.45) is 0. The van der Waals surface area contributed by atoms with Crippen LogP contribution in [0.15, 0.2) is 12.1 Å². The number of carbonyl (C=O) groups is 1. The fraction of sp³-hybridized carbons (Fsp3) is 0.417. The standard InChI is InChI=1S/C12H12ClN3O/c1-8(17)9-3-4-10(13)15-11(9)16-6-12(2,5-14)7-16/h3-4H,6-7H2,1-2H3. The van der Waals surface area contributed by atoms with Crippen molar-refractivity contribution in [3.8, 4) is 6.07 Å². The molecule has 1 aliphatic heterocycles. The minimum atomic E-state index is -0.349. The summed E-state index contributed by atoms with van der Waals surface area (Å²) in [4.78, 5) is 17.6. The molecule has 1 aromatic rings. The van der Waals surface area contributed by atoms with Crippen LogP contribution in [0.3, 0.4) is 0 Å². The number of nitriles is 1. The lowest BCUT2D eigenvalue weighted by atomic mass is 9.83. The zero-order valence-electron chi connectivity index (χ0n) is 9.70. The number of pyridine rings is 1. The van der Waals surface area contributed by atoms with E-state index in [2.05, 4.69) is 11.1 Å². The van der Waals surface area contributed by atoms with Crippen molar-refractivity contribution in [2.24, 2.45) is 5.41 Å². The van der Waals surface area contributed by atoms with E-state index in [1.54, 1.807) is 12.1 Å². The third-order valence-corrected chi connectivity index (χ3v) is 3.08. The molecule has 0 bridgehead atoms. The molecule has 4 nitrogen and oxygen atoms in total. The van der Waals surface area contributed by atoms with Crippen LogP contribution in [0.5, 0.6) is 0 Å². The van der Waals surface area contributed by atoms with Crippen LogP contribution in [0.4, 0.5) is 5.82 Å². The molecular weight excluding hydrogens is 238 g/mol. The number of hydrogen-bond acceptors (Lipinski definition) is 4. The minimum Gasteiger partial charge on any atom is -0.353 e. The summed E-state index contributed by atoms with van der Waals surface area (Å²) >= 11 is 5.84. The van der Waals surface area contributed by atoms with Crippen molar-refractivity contribution in [2.75, 3.05) is 18.0 Å². The number of Topliss-reactive ketones (excluding diaryl/α,β-unsaturated/α-hetero) is 1. The van der Waals surface area contributed by atoms with Gasteiger partial charge in [-0.05, 0) is 26.0 Å². The topological polar surface area (TPSA) is 57.0 Å². The van der Waals surface area contributed by atoms with Crippen LogP contribution in [-0.4, -0.2) is 23.9 Å². The molecule has 2 heterocycles. The summed E-state index contributed by atoms with van der Waals surface area (Å²) in [7, 11) is 0. The van der Waals surface area contributed by atoms with Gasteiger partial charge in [0.25, 0.3) is 0 Å². The molecule has 1 aromatic heterocycles. The molecule has 5 heteroatoms. The molecule has 0 unspecified atom stereocenters. The third kappa shape index (κ3) is 2.11. The first-order valence-corrected chi connectivity index (χ1v) is 5.67. The van der Waals surface area contributed by atoms with Crippen LogP contribution in [0.1, 0.15) is 24.2 Å². The molecule has 0 aromatic carbocycles. The molecule has 0 spiro atoms. The number of aromatic nitrogens is 1. The highest BCUT2D eigenvalue weighted by Crippen LogP contribution is 2.34. The summed E-state index contributed by atoms with van der Waals surface area (Å²) in [5.74, 6) is 0.535. The first kappa shape index (κ1) is 11.9. The van der Waals surface area contributed by atoms with Gasteiger partial charge < -0.3 is 4.90 Å². The van der Waals surface area contributed by atoms with Crippen molar-refractivity contribution in [1.29, 1.82) is 5.26 Å². The van der Waals surface area contributed by atoms with Gasteiger partial charge in [0.1, 0.15) is 11.0 Å². The molecule has 0 amide bonds. The SMILES string of the molecule is CC(=O)c1ccc(Cl)nc1N1CC(C)(C#N)C1. The molecule has 0 atom stereocenters. The Hall–Kier alpha value is -1.60. The van der Waals surface area contributed by atoms with Gasteiger partial charge in [0.15, 0.2) is 5.78 Å². The Balaban J connectivity index is 2.31. The van der Waals surface area contributed by atoms with Crippen molar-refractivity contribution in [2.45, 2.75) is 13.8 Å². The van der Waals surface area contributed by atoms with Crippen LogP contribution < -0.4 is 4.90 Å². The van der Waals surface area contributed by atoms with E-state index in [-0.39, 0.29) is 11.2 Å². The molecule has 0 aliphatic carbocycles. The zero-order valence-corrected chi connectivity index (χ0v) is 10.5. The Morgan fingerprint density at radius 1 is 1.59 bits per heavy atom. The molecule has 0 N–H and O–H groups in total. The van der Waals surface area contributed by atoms with E-state index in [0.29, 0.717) is 29.6 Å². The average molecular weight is 250 g/mol. The second-order valence-corrected chi connectivity index (χ2v) is 4.98. The summed E-state index contributed by atoms with van der Waals surface area (Å²) in [5.41, 5.74) is 0.201. The van der Waals surface area contributed by atoms with Gasteiger partial charge in [-0.2, -0.15) is 5.26 Å². The van der Waals surface area contributed by atoms with Gasteiger partial charge in [-0.1, -0.05) is 11.6 Å². The average Bonchev–Trinajstić information content (AvgIpc) is 2.24. The Morgan fingerprint density at radius 3 is 2.76 bits per heavy atom. The smallest absolute Gasteiger partial charge is 0.163 e. The predicted octanol–water partition coefficient (Wildman–Crippen LogP) is 2.29. The lowest BCUT2D eigenvalue weighted by molar-refractivity contribution is 0.101. The van der Waals surface area contributed by atoms with Crippen LogP contribution in [0.2, 0.25) is 5.15 Å². The van der Waals surface area contributed by atoms with E-state index in [1.807, 2.05) is 11.8 Å². The fourth-order valence-electron chi connectivity index (χ4n) is 1.96. The van der Waals surface area contributed by atoms with Gasteiger partial charge in [0.2, 0.25) is 0 Å². The van der Waals surface area contributed by atoms with Gasteiger partial charge in [0.05, 0.1) is 17.0 Å². The molecular formula is C12H12ClN3O. The maximum absolute atomic E-state index is 11.5. The van der Waals surface area contributed by atoms with Gasteiger partial charge in [-0.15, -0.1) is 0 Å². The molecule has 0 radical (unpaired) electrons. The van der Waals surface area contributed by atoms with E-state index < -0.39 is 0 Å². The van der Waals surface area contributed by atoms with E-state index in [0.717, 1.165) is 0 Å². The highest BCUT2D eigenvalue weighted by molar-refractivity contribution is 6.29. The zero-order chi connectivity index (χ0) is 12.6. The van der Waals surface area contributed by atoms with Crippen molar-refractivity contribution >= 4 is 23.2 Å². The van der Waals surface area contributed by atoms with Crippen LogP contribution in [-0.2, 0) is 0 Å². The lowest BCUT2D eigenvalue weighted by Crippen LogP contribution is -2.54. The van der Waals surface area contributed by atoms with Crippen molar-refractivity contribution in [3.05, 3.63) is 22.8 Å². The van der Waals surface area contributed by atoms with E-state index >= 15 is 0 Å². The predicted molar refractivity (Wildman–Crippen MR) is 65.2 cm³/mol. The number of carbonyl (C=O) groups excluding carboxylic acids is 1. The fourth-order valence-corrected chi connectivity index (χ4v) is 2.10. The van der Waals surface area contributed by atoms with E-state index in [4.69, 9.17) is 16.9 Å².